The number of nitrogens with zero attached hydrogens (tertiary/aromatic N) is 1. The molecule has 0 radical (unpaired) electrons. The summed E-state index contributed by atoms with van der Waals surface area (Å²) in [5.74, 6) is 0.797. The van der Waals surface area contributed by atoms with E-state index >= 15 is 0 Å². The first-order valence-electron chi connectivity index (χ1n) is 9.88. The highest BCUT2D eigenvalue weighted by atomic mass is 16.5. The van der Waals surface area contributed by atoms with E-state index in [4.69, 9.17) is 4.74 Å². The van der Waals surface area contributed by atoms with Crippen molar-refractivity contribution in [1.82, 2.24) is 10.3 Å². The zero-order valence-corrected chi connectivity index (χ0v) is 16.0. The fourth-order valence-corrected chi connectivity index (χ4v) is 3.49. The Hall–Kier alpha value is -2.56. The Balaban J connectivity index is 1.50. The molecule has 1 amide bonds. The maximum Gasteiger partial charge on any atom is 0.270 e. The first-order valence-corrected chi connectivity index (χ1v) is 9.88. The van der Waals surface area contributed by atoms with Crippen LogP contribution in [0.5, 0.6) is 5.75 Å². The van der Waals surface area contributed by atoms with Crippen molar-refractivity contribution in [2.45, 2.75) is 51.0 Å². The van der Waals surface area contributed by atoms with E-state index in [0.717, 1.165) is 37.2 Å². The van der Waals surface area contributed by atoms with Crippen molar-refractivity contribution < 1.29 is 9.53 Å². The Morgan fingerprint density at radius 1 is 1.11 bits per heavy atom. The van der Waals surface area contributed by atoms with Crippen LogP contribution in [0.3, 0.4) is 0 Å². The van der Waals surface area contributed by atoms with Gasteiger partial charge in [-0.05, 0) is 49.1 Å². The second-order valence-corrected chi connectivity index (χ2v) is 7.12. The minimum Gasteiger partial charge on any atom is -0.497 e. The first kappa shape index (κ1) is 19.2. The Labute approximate surface area is 161 Å². The number of benzene rings is 1. The highest BCUT2D eigenvalue weighted by Crippen LogP contribution is 2.18. The molecule has 2 N–H and O–H groups in total. The van der Waals surface area contributed by atoms with E-state index < -0.39 is 0 Å². The summed E-state index contributed by atoms with van der Waals surface area (Å²) in [6.07, 6.45) is 9.69. The van der Waals surface area contributed by atoms with E-state index in [2.05, 4.69) is 27.8 Å². The van der Waals surface area contributed by atoms with E-state index in [1.165, 1.54) is 31.2 Å². The summed E-state index contributed by atoms with van der Waals surface area (Å²) in [5.41, 5.74) is 2.64. The summed E-state index contributed by atoms with van der Waals surface area (Å²) in [6.45, 7) is 0.792. The third kappa shape index (κ3) is 5.98. The molecular weight excluding hydrogens is 338 g/mol. The molecule has 5 nitrogen and oxygen atoms in total. The highest BCUT2D eigenvalue weighted by Gasteiger charge is 2.16. The molecule has 27 heavy (non-hydrogen) atoms. The molecule has 3 rings (SSSR count). The van der Waals surface area contributed by atoms with Gasteiger partial charge in [-0.3, -0.25) is 9.78 Å². The van der Waals surface area contributed by atoms with Crippen LogP contribution in [0.4, 0.5) is 5.69 Å². The van der Waals surface area contributed by atoms with Gasteiger partial charge >= 0.3 is 0 Å². The maximum atomic E-state index is 12.5. The third-order valence-electron chi connectivity index (χ3n) is 5.08. The Morgan fingerprint density at radius 3 is 2.56 bits per heavy atom. The fraction of sp³-hybridized carbons (Fsp3) is 0.455. The van der Waals surface area contributed by atoms with Gasteiger partial charge in [-0.25, -0.2) is 0 Å². The van der Waals surface area contributed by atoms with Crippen molar-refractivity contribution in [3.05, 3.63) is 53.9 Å². The largest absolute Gasteiger partial charge is 0.497 e. The molecule has 0 spiro atoms. The number of ether oxygens (including phenoxy) is 1. The van der Waals surface area contributed by atoms with Crippen LogP contribution in [-0.2, 0) is 6.42 Å². The molecule has 1 aliphatic rings. The van der Waals surface area contributed by atoms with Gasteiger partial charge in [0.25, 0.3) is 5.91 Å². The number of hydrogen-bond acceptors (Lipinski definition) is 4. The molecule has 2 aromatic rings. The molecule has 0 unspecified atom stereocenters. The monoisotopic (exact) mass is 367 g/mol. The van der Waals surface area contributed by atoms with Crippen molar-refractivity contribution in [3.63, 3.8) is 0 Å². The van der Waals surface area contributed by atoms with Crippen LogP contribution in [0.2, 0.25) is 0 Å². The van der Waals surface area contributed by atoms with Crippen LogP contribution in [-0.4, -0.2) is 30.6 Å². The van der Waals surface area contributed by atoms with Crippen LogP contribution >= 0.6 is 0 Å². The summed E-state index contributed by atoms with van der Waals surface area (Å²) in [7, 11) is 1.67. The van der Waals surface area contributed by atoms with Crippen LogP contribution in [0.1, 0.15) is 54.6 Å². The van der Waals surface area contributed by atoms with Crippen molar-refractivity contribution in [2.24, 2.45) is 0 Å². The minimum absolute atomic E-state index is 0.0688. The lowest BCUT2D eigenvalue weighted by molar-refractivity contribution is 0.0928. The van der Waals surface area contributed by atoms with Gasteiger partial charge in [-0.15, -0.1) is 0 Å². The molecule has 1 aromatic carbocycles. The molecular formula is C22H29N3O2. The smallest absolute Gasteiger partial charge is 0.270 e. The van der Waals surface area contributed by atoms with Crippen molar-refractivity contribution in [3.8, 4) is 5.75 Å². The second-order valence-electron chi connectivity index (χ2n) is 7.12. The van der Waals surface area contributed by atoms with Crippen molar-refractivity contribution in [2.75, 3.05) is 19.0 Å². The number of amides is 1. The molecule has 1 saturated carbocycles. The second kappa shape index (κ2) is 9.95. The summed E-state index contributed by atoms with van der Waals surface area (Å²) >= 11 is 0. The molecule has 5 heteroatoms. The van der Waals surface area contributed by atoms with Gasteiger partial charge in [0.05, 0.1) is 7.11 Å². The van der Waals surface area contributed by atoms with Gasteiger partial charge in [0.15, 0.2) is 0 Å². The van der Waals surface area contributed by atoms with Crippen molar-refractivity contribution in [1.29, 1.82) is 0 Å². The number of carbonyl (C=O) groups is 1. The number of hydrogen-bond donors (Lipinski definition) is 2. The lowest BCUT2D eigenvalue weighted by Crippen LogP contribution is -2.34. The number of nitrogens with one attached hydrogen (secondary N) is 2. The first-order chi connectivity index (χ1) is 13.2. The molecule has 1 aromatic heterocycles. The fourth-order valence-electron chi connectivity index (χ4n) is 3.49. The summed E-state index contributed by atoms with van der Waals surface area (Å²) in [5, 5.41) is 6.53. The van der Waals surface area contributed by atoms with Crippen LogP contribution in [0.25, 0.3) is 0 Å². The lowest BCUT2D eigenvalue weighted by Gasteiger charge is -2.16. The predicted molar refractivity (Wildman–Crippen MR) is 108 cm³/mol. The highest BCUT2D eigenvalue weighted by molar-refractivity contribution is 5.93. The quantitative estimate of drug-likeness (QED) is 0.720. The third-order valence-corrected chi connectivity index (χ3v) is 5.08. The zero-order valence-electron chi connectivity index (χ0n) is 16.0. The molecule has 144 valence electrons. The summed E-state index contributed by atoms with van der Waals surface area (Å²) in [4.78, 5) is 16.8. The SMILES string of the molecule is COc1ccc(CCNc2ccnc(C(=O)NC3CCCCCC3)c2)cc1. The van der Waals surface area contributed by atoms with E-state index in [1.54, 1.807) is 13.3 Å². The number of anilines is 1. The van der Waals surface area contributed by atoms with E-state index in [0.29, 0.717) is 5.69 Å². The minimum atomic E-state index is -0.0688. The van der Waals surface area contributed by atoms with Gasteiger partial charge in [-0.1, -0.05) is 37.8 Å². The van der Waals surface area contributed by atoms with Gasteiger partial charge in [0.1, 0.15) is 11.4 Å². The molecule has 1 heterocycles. The Morgan fingerprint density at radius 2 is 1.85 bits per heavy atom. The average molecular weight is 367 g/mol. The number of pyridine rings is 1. The number of rotatable bonds is 7. The summed E-state index contributed by atoms with van der Waals surface area (Å²) in [6, 6.07) is 12.1. The number of carbonyl (C=O) groups excluding carboxylic acids is 1. The van der Waals surface area contributed by atoms with Crippen LogP contribution in [0, 0.1) is 0 Å². The van der Waals surface area contributed by atoms with Crippen LogP contribution < -0.4 is 15.4 Å². The van der Waals surface area contributed by atoms with Gasteiger partial charge in [-0.2, -0.15) is 0 Å². The van der Waals surface area contributed by atoms with Crippen LogP contribution in [0.15, 0.2) is 42.6 Å². The topological polar surface area (TPSA) is 63.2 Å². The summed E-state index contributed by atoms with van der Waals surface area (Å²) < 4.78 is 5.18. The van der Waals surface area contributed by atoms with E-state index in [1.807, 2.05) is 24.3 Å². The van der Waals surface area contributed by atoms with Gasteiger partial charge < -0.3 is 15.4 Å². The molecule has 1 fully saturated rings. The molecule has 0 atom stereocenters. The maximum absolute atomic E-state index is 12.5. The lowest BCUT2D eigenvalue weighted by atomic mass is 10.1. The Kier molecular flexibility index (Phi) is 7.08. The molecule has 0 aliphatic heterocycles. The standard InChI is InChI=1S/C22H29N3O2/c1-27-20-10-8-17(9-11-20)12-14-23-19-13-15-24-21(16-19)22(26)25-18-6-4-2-3-5-7-18/h8-11,13,15-16,18H,2-7,12,14H2,1H3,(H,23,24)(H,25,26). The average Bonchev–Trinajstić information content (AvgIpc) is 2.97. The van der Waals surface area contributed by atoms with Gasteiger partial charge in [0, 0.05) is 24.5 Å². The van der Waals surface area contributed by atoms with E-state index in [-0.39, 0.29) is 11.9 Å². The Bertz CT molecular complexity index is 723. The van der Waals surface area contributed by atoms with Crippen molar-refractivity contribution >= 4 is 11.6 Å². The van der Waals surface area contributed by atoms with Gasteiger partial charge in [0.2, 0.25) is 0 Å². The zero-order chi connectivity index (χ0) is 18.9. The van der Waals surface area contributed by atoms with E-state index in [9.17, 15) is 4.79 Å². The molecule has 0 saturated heterocycles. The molecule has 1 aliphatic carbocycles. The normalized spacial score (nSPS) is 15.0. The number of methoxy groups -OCH3 is 1. The number of aromatic nitrogens is 1. The molecule has 0 bridgehead atoms. The predicted octanol–water partition coefficient (Wildman–Crippen LogP) is 4.20.